The van der Waals surface area contributed by atoms with E-state index < -0.39 is 23.8 Å². The zero-order chi connectivity index (χ0) is 27.7. The summed E-state index contributed by atoms with van der Waals surface area (Å²) in [5.74, 6) is -0.210. The second-order valence-electron chi connectivity index (χ2n) is 10.8. The van der Waals surface area contributed by atoms with Crippen molar-refractivity contribution in [3.05, 3.63) is 53.0 Å². The molecule has 1 spiro atoms. The fourth-order valence-electron chi connectivity index (χ4n) is 5.44. The molecular formula is C28H35F3N2O5. The lowest BCUT2D eigenvalue weighted by Gasteiger charge is -2.43. The van der Waals surface area contributed by atoms with Gasteiger partial charge in [-0.15, -0.1) is 0 Å². The molecule has 1 amide bonds. The third kappa shape index (κ3) is 6.00. The molecule has 0 aliphatic carbocycles. The van der Waals surface area contributed by atoms with Gasteiger partial charge in [0.25, 0.3) is 5.91 Å². The minimum atomic E-state index is -5.10. The number of rotatable bonds is 7. The number of furan rings is 1. The predicted molar refractivity (Wildman–Crippen MR) is 133 cm³/mol. The molecule has 1 atom stereocenters. The van der Waals surface area contributed by atoms with Gasteiger partial charge in [0.1, 0.15) is 17.3 Å². The van der Waals surface area contributed by atoms with Gasteiger partial charge in [-0.3, -0.25) is 9.69 Å². The lowest BCUT2D eigenvalue weighted by molar-refractivity contribution is -0.220. The highest BCUT2D eigenvalue weighted by Gasteiger charge is 2.54. The Balaban J connectivity index is 1.53. The summed E-state index contributed by atoms with van der Waals surface area (Å²) in [6.07, 6.45) is -4.76. The third-order valence-corrected chi connectivity index (χ3v) is 7.44. The van der Waals surface area contributed by atoms with Crippen LogP contribution < -0.4 is 4.74 Å². The van der Waals surface area contributed by atoms with Crippen molar-refractivity contribution in [2.75, 3.05) is 26.2 Å². The predicted octanol–water partition coefficient (Wildman–Crippen LogP) is 5.49. The average Bonchev–Trinajstić information content (AvgIpc) is 3.36. The fourth-order valence-corrected chi connectivity index (χ4v) is 5.44. The molecule has 0 radical (unpaired) electrons. The number of hydrogen-bond acceptors (Lipinski definition) is 6. The number of carbonyl (C=O) groups excluding carboxylic acids is 2. The van der Waals surface area contributed by atoms with Crippen LogP contribution >= 0.6 is 0 Å². The van der Waals surface area contributed by atoms with Gasteiger partial charge in [-0.25, -0.2) is 4.79 Å². The van der Waals surface area contributed by atoms with E-state index in [1.807, 2.05) is 38.1 Å². The highest BCUT2D eigenvalue weighted by Crippen LogP contribution is 2.47. The summed E-state index contributed by atoms with van der Waals surface area (Å²) in [6, 6.07) is 9.11. The van der Waals surface area contributed by atoms with Gasteiger partial charge in [-0.2, -0.15) is 13.2 Å². The average molecular weight is 537 g/mol. The highest BCUT2D eigenvalue weighted by molar-refractivity contribution is 5.95. The number of alkyl halides is 3. The van der Waals surface area contributed by atoms with E-state index in [4.69, 9.17) is 13.9 Å². The van der Waals surface area contributed by atoms with Crippen molar-refractivity contribution < 1.29 is 36.7 Å². The summed E-state index contributed by atoms with van der Waals surface area (Å²) in [5, 5.41) is 0. The summed E-state index contributed by atoms with van der Waals surface area (Å²) in [7, 11) is 0. The Morgan fingerprint density at radius 1 is 1.11 bits per heavy atom. The SMILES string of the molecule is Cc1cc(C(=O)N2CCC3(CC2)CCN(Cc2ccccc2OCC(C)C)C3OC(=O)C(F)(F)F)c(C)o1. The molecule has 0 saturated carbocycles. The van der Waals surface area contributed by atoms with Crippen molar-refractivity contribution in [3.63, 3.8) is 0 Å². The normalized spacial score (nSPS) is 19.8. The maximum atomic E-state index is 13.3. The number of piperidine rings is 1. The molecule has 4 rings (SSSR count). The van der Waals surface area contributed by atoms with Gasteiger partial charge in [0.2, 0.25) is 0 Å². The van der Waals surface area contributed by atoms with Crippen LogP contribution in [0.15, 0.2) is 34.7 Å². The molecule has 38 heavy (non-hydrogen) atoms. The van der Waals surface area contributed by atoms with E-state index in [2.05, 4.69) is 0 Å². The maximum absolute atomic E-state index is 13.3. The number of hydrogen-bond donors (Lipinski definition) is 0. The van der Waals surface area contributed by atoms with Crippen LogP contribution in [0, 0.1) is 25.2 Å². The number of benzene rings is 1. The summed E-state index contributed by atoms with van der Waals surface area (Å²) in [5.41, 5.74) is 0.619. The van der Waals surface area contributed by atoms with Gasteiger partial charge >= 0.3 is 12.1 Å². The molecule has 208 valence electrons. The Morgan fingerprint density at radius 2 is 1.76 bits per heavy atom. The summed E-state index contributed by atoms with van der Waals surface area (Å²) >= 11 is 0. The van der Waals surface area contributed by atoms with Crippen LogP contribution in [-0.4, -0.2) is 60.3 Å². The molecule has 1 aromatic carbocycles. The molecule has 1 unspecified atom stereocenters. The molecule has 2 saturated heterocycles. The molecule has 2 aliphatic rings. The molecule has 2 aromatic rings. The Hall–Kier alpha value is -3.01. The fraction of sp³-hybridized carbons (Fsp3) is 0.571. The summed E-state index contributed by atoms with van der Waals surface area (Å²) in [6.45, 7) is 9.52. The second-order valence-corrected chi connectivity index (χ2v) is 10.8. The van der Waals surface area contributed by atoms with Crippen molar-refractivity contribution in [2.45, 2.75) is 65.9 Å². The number of carbonyl (C=O) groups is 2. The van der Waals surface area contributed by atoms with Gasteiger partial charge in [-0.05, 0) is 51.2 Å². The number of halogens is 3. The Bertz CT molecular complexity index is 1150. The minimum Gasteiger partial charge on any atom is -0.493 e. The molecule has 0 N–H and O–H groups in total. The standard InChI is InChI=1S/C28H35F3N2O5/c1-18(2)17-36-23-8-6-5-7-21(23)16-33-14-11-27(25(33)38-26(35)28(29,30)31)9-12-32(13-10-27)24(34)22-15-19(3)37-20(22)4/h5-8,15,18,25H,9-14,16-17H2,1-4H3. The minimum absolute atomic E-state index is 0.163. The van der Waals surface area contributed by atoms with Crippen molar-refractivity contribution in [1.82, 2.24) is 9.80 Å². The van der Waals surface area contributed by atoms with E-state index >= 15 is 0 Å². The molecule has 7 nitrogen and oxygen atoms in total. The van der Waals surface area contributed by atoms with Crippen LogP contribution in [0.1, 0.15) is 60.6 Å². The molecule has 10 heteroatoms. The topological polar surface area (TPSA) is 72.2 Å². The van der Waals surface area contributed by atoms with Crippen LogP contribution in [-0.2, 0) is 16.1 Å². The van der Waals surface area contributed by atoms with Gasteiger partial charge < -0.3 is 18.8 Å². The van der Waals surface area contributed by atoms with Crippen molar-refractivity contribution in [2.24, 2.45) is 11.3 Å². The van der Waals surface area contributed by atoms with E-state index in [-0.39, 0.29) is 12.5 Å². The molecule has 2 fully saturated rings. The van der Waals surface area contributed by atoms with E-state index in [1.54, 1.807) is 29.7 Å². The molecule has 0 bridgehead atoms. The summed E-state index contributed by atoms with van der Waals surface area (Å²) < 4.78 is 56.5. The van der Waals surface area contributed by atoms with Crippen molar-refractivity contribution in [1.29, 1.82) is 0 Å². The lowest BCUT2D eigenvalue weighted by Crippen LogP contribution is -2.51. The first-order chi connectivity index (χ1) is 17.9. The van der Waals surface area contributed by atoms with Gasteiger partial charge in [0.05, 0.1) is 12.2 Å². The molecule has 1 aromatic heterocycles. The number of amides is 1. The van der Waals surface area contributed by atoms with Crippen LogP contribution in [0.25, 0.3) is 0 Å². The molecule has 3 heterocycles. The first-order valence-electron chi connectivity index (χ1n) is 13.0. The highest BCUT2D eigenvalue weighted by atomic mass is 19.4. The Labute approximate surface area is 220 Å². The van der Waals surface area contributed by atoms with Gasteiger partial charge in [-0.1, -0.05) is 32.0 Å². The van der Waals surface area contributed by atoms with Gasteiger partial charge in [0.15, 0.2) is 6.23 Å². The number of likely N-dealkylation sites (tertiary alicyclic amines) is 2. The van der Waals surface area contributed by atoms with Crippen LogP contribution in [0.5, 0.6) is 5.75 Å². The number of aryl methyl sites for hydroxylation is 2. The first-order valence-corrected chi connectivity index (χ1v) is 13.0. The number of nitrogens with zero attached hydrogens (tertiary/aromatic N) is 2. The van der Waals surface area contributed by atoms with Crippen molar-refractivity contribution in [3.8, 4) is 5.75 Å². The quantitative estimate of drug-likeness (QED) is 0.436. The third-order valence-electron chi connectivity index (χ3n) is 7.44. The maximum Gasteiger partial charge on any atom is 0.490 e. The number of ether oxygens (including phenoxy) is 2. The number of esters is 1. The van der Waals surface area contributed by atoms with Crippen molar-refractivity contribution >= 4 is 11.9 Å². The Morgan fingerprint density at radius 3 is 2.37 bits per heavy atom. The lowest BCUT2D eigenvalue weighted by atomic mass is 9.76. The van der Waals surface area contributed by atoms with Crippen LogP contribution in [0.2, 0.25) is 0 Å². The van der Waals surface area contributed by atoms with E-state index in [0.29, 0.717) is 74.3 Å². The zero-order valence-electron chi connectivity index (χ0n) is 22.3. The number of para-hydroxylation sites is 1. The van der Waals surface area contributed by atoms with E-state index in [0.717, 1.165) is 5.56 Å². The zero-order valence-corrected chi connectivity index (χ0v) is 22.3. The summed E-state index contributed by atoms with van der Waals surface area (Å²) in [4.78, 5) is 28.6. The smallest absolute Gasteiger partial charge is 0.490 e. The first kappa shape index (κ1) is 28.0. The largest absolute Gasteiger partial charge is 0.493 e. The molecular weight excluding hydrogens is 501 g/mol. The van der Waals surface area contributed by atoms with Gasteiger partial charge in [0, 0.05) is 37.2 Å². The second kappa shape index (κ2) is 11.0. The monoisotopic (exact) mass is 536 g/mol. The Kier molecular flexibility index (Phi) is 8.11. The van der Waals surface area contributed by atoms with E-state index in [9.17, 15) is 22.8 Å². The van der Waals surface area contributed by atoms with Crippen LogP contribution in [0.4, 0.5) is 13.2 Å². The van der Waals surface area contributed by atoms with E-state index in [1.165, 1.54) is 0 Å². The van der Waals surface area contributed by atoms with Crippen LogP contribution in [0.3, 0.4) is 0 Å². The molecule has 2 aliphatic heterocycles.